The van der Waals surface area contributed by atoms with Crippen molar-refractivity contribution in [2.24, 2.45) is 0 Å². The second kappa shape index (κ2) is 3.42. The minimum absolute atomic E-state index is 0.640. The van der Waals surface area contributed by atoms with Gasteiger partial charge in [0.05, 0.1) is 12.8 Å². The minimum atomic E-state index is 0.640. The number of nitrogens with one attached hydrogen (secondary N) is 1. The van der Waals surface area contributed by atoms with Gasteiger partial charge in [-0.3, -0.25) is 4.79 Å². The van der Waals surface area contributed by atoms with Gasteiger partial charge in [-0.15, -0.1) is 0 Å². The maximum atomic E-state index is 10.8. The highest BCUT2D eigenvalue weighted by atomic mass is 16.5. The number of rotatable bonds is 2. The molecule has 0 saturated heterocycles. The molecule has 0 unspecified atom stereocenters. The number of aromatic nitrogens is 1. The molecule has 3 nitrogen and oxygen atoms in total. The molecule has 1 aromatic heterocycles. The zero-order chi connectivity index (χ0) is 11.0. The van der Waals surface area contributed by atoms with Crippen LogP contribution in [0.1, 0.15) is 21.6 Å². The molecule has 0 radical (unpaired) electrons. The lowest BCUT2D eigenvalue weighted by Gasteiger charge is -2.02. The Morgan fingerprint density at radius 3 is 2.67 bits per heavy atom. The van der Waals surface area contributed by atoms with Crippen LogP contribution in [0, 0.1) is 13.8 Å². The standard InChI is InChI=1S/C12H13NO2/c1-7-4-9(15-3)5-10-8(2)11(6-14)13-12(7)10/h4-6,13H,1-3H3. The van der Waals surface area contributed by atoms with Crippen molar-refractivity contribution in [3.8, 4) is 5.75 Å². The van der Waals surface area contributed by atoms with Crippen LogP contribution in [0.4, 0.5) is 0 Å². The summed E-state index contributed by atoms with van der Waals surface area (Å²) in [5.41, 5.74) is 3.71. The van der Waals surface area contributed by atoms with Gasteiger partial charge in [-0.05, 0) is 37.1 Å². The number of ether oxygens (including phenoxy) is 1. The van der Waals surface area contributed by atoms with Crippen molar-refractivity contribution in [2.45, 2.75) is 13.8 Å². The van der Waals surface area contributed by atoms with E-state index in [4.69, 9.17) is 4.74 Å². The highest BCUT2D eigenvalue weighted by Crippen LogP contribution is 2.28. The van der Waals surface area contributed by atoms with Gasteiger partial charge in [0.25, 0.3) is 0 Å². The fraction of sp³-hybridized carbons (Fsp3) is 0.250. The van der Waals surface area contributed by atoms with Crippen LogP contribution in [-0.4, -0.2) is 18.4 Å². The third-order valence-electron chi connectivity index (χ3n) is 2.73. The molecular formula is C12H13NO2. The molecule has 1 aromatic carbocycles. The monoisotopic (exact) mass is 203 g/mol. The summed E-state index contributed by atoms with van der Waals surface area (Å²) in [6.07, 6.45) is 0.848. The maximum absolute atomic E-state index is 10.8. The quantitative estimate of drug-likeness (QED) is 0.762. The van der Waals surface area contributed by atoms with Gasteiger partial charge in [-0.25, -0.2) is 0 Å². The molecule has 2 aromatic rings. The lowest BCUT2D eigenvalue weighted by molar-refractivity contribution is 0.111. The van der Waals surface area contributed by atoms with Crippen molar-refractivity contribution in [1.82, 2.24) is 4.98 Å². The van der Waals surface area contributed by atoms with Crippen LogP contribution in [0.5, 0.6) is 5.75 Å². The van der Waals surface area contributed by atoms with E-state index in [-0.39, 0.29) is 0 Å². The minimum Gasteiger partial charge on any atom is -0.497 e. The Balaban J connectivity index is 2.83. The molecule has 0 saturated carbocycles. The van der Waals surface area contributed by atoms with Crippen molar-refractivity contribution < 1.29 is 9.53 Å². The van der Waals surface area contributed by atoms with Gasteiger partial charge >= 0.3 is 0 Å². The van der Waals surface area contributed by atoms with Gasteiger partial charge < -0.3 is 9.72 Å². The smallest absolute Gasteiger partial charge is 0.166 e. The van der Waals surface area contributed by atoms with Crippen LogP contribution < -0.4 is 4.74 Å². The molecule has 78 valence electrons. The second-order valence-electron chi connectivity index (χ2n) is 3.65. The van der Waals surface area contributed by atoms with Gasteiger partial charge in [0, 0.05) is 10.9 Å². The predicted octanol–water partition coefficient (Wildman–Crippen LogP) is 2.61. The molecule has 0 amide bonds. The average molecular weight is 203 g/mol. The highest BCUT2D eigenvalue weighted by Gasteiger charge is 2.09. The molecule has 3 heteroatoms. The van der Waals surface area contributed by atoms with Gasteiger partial charge in [-0.2, -0.15) is 0 Å². The number of fused-ring (bicyclic) bond motifs is 1. The van der Waals surface area contributed by atoms with Crippen LogP contribution in [0.2, 0.25) is 0 Å². The van der Waals surface area contributed by atoms with Gasteiger partial charge in [0.1, 0.15) is 5.75 Å². The van der Waals surface area contributed by atoms with Crippen molar-refractivity contribution in [1.29, 1.82) is 0 Å². The van der Waals surface area contributed by atoms with Crippen LogP contribution in [-0.2, 0) is 0 Å². The molecule has 0 spiro atoms. The molecule has 15 heavy (non-hydrogen) atoms. The Kier molecular flexibility index (Phi) is 2.23. The summed E-state index contributed by atoms with van der Waals surface area (Å²) in [4.78, 5) is 13.9. The molecule has 0 bridgehead atoms. The van der Waals surface area contributed by atoms with E-state index in [1.54, 1.807) is 7.11 Å². The van der Waals surface area contributed by atoms with E-state index in [1.807, 2.05) is 26.0 Å². The topological polar surface area (TPSA) is 42.1 Å². The summed E-state index contributed by atoms with van der Waals surface area (Å²) in [7, 11) is 1.64. The van der Waals surface area contributed by atoms with E-state index >= 15 is 0 Å². The van der Waals surface area contributed by atoms with Crippen LogP contribution >= 0.6 is 0 Å². The Morgan fingerprint density at radius 1 is 1.33 bits per heavy atom. The number of aromatic amines is 1. The first-order valence-electron chi connectivity index (χ1n) is 4.79. The summed E-state index contributed by atoms with van der Waals surface area (Å²) in [6.45, 7) is 3.93. The summed E-state index contributed by atoms with van der Waals surface area (Å²) in [5, 5.41) is 1.05. The first-order chi connectivity index (χ1) is 7.17. The summed E-state index contributed by atoms with van der Waals surface area (Å²) in [5.74, 6) is 0.819. The normalized spacial score (nSPS) is 10.6. The van der Waals surface area contributed by atoms with Crippen LogP contribution in [0.3, 0.4) is 0 Å². The first-order valence-corrected chi connectivity index (χ1v) is 4.79. The van der Waals surface area contributed by atoms with Crippen molar-refractivity contribution in [3.63, 3.8) is 0 Å². The summed E-state index contributed by atoms with van der Waals surface area (Å²) >= 11 is 0. The number of H-pyrrole nitrogens is 1. The van der Waals surface area contributed by atoms with E-state index in [1.165, 1.54) is 0 Å². The predicted molar refractivity (Wildman–Crippen MR) is 59.7 cm³/mol. The Morgan fingerprint density at radius 2 is 2.07 bits per heavy atom. The highest BCUT2D eigenvalue weighted by molar-refractivity contribution is 5.94. The number of carbonyl (C=O) groups excluding carboxylic acids is 1. The molecule has 0 fully saturated rings. The SMILES string of the molecule is COc1cc(C)c2[nH]c(C=O)c(C)c2c1. The average Bonchev–Trinajstić information content (AvgIpc) is 2.56. The molecule has 0 aliphatic rings. The largest absolute Gasteiger partial charge is 0.497 e. The van der Waals surface area contributed by atoms with E-state index < -0.39 is 0 Å². The molecule has 2 rings (SSSR count). The summed E-state index contributed by atoms with van der Waals surface area (Å²) in [6, 6.07) is 3.90. The zero-order valence-electron chi connectivity index (χ0n) is 9.05. The maximum Gasteiger partial charge on any atom is 0.166 e. The van der Waals surface area contributed by atoms with Crippen LogP contribution in [0.15, 0.2) is 12.1 Å². The Bertz CT molecular complexity index is 526. The number of methoxy groups -OCH3 is 1. The van der Waals surface area contributed by atoms with E-state index in [2.05, 4.69) is 4.98 Å². The first kappa shape index (κ1) is 9.77. The second-order valence-corrected chi connectivity index (χ2v) is 3.65. The van der Waals surface area contributed by atoms with Crippen molar-refractivity contribution in [3.05, 3.63) is 29.0 Å². The molecule has 0 aliphatic heterocycles. The van der Waals surface area contributed by atoms with Crippen molar-refractivity contribution >= 4 is 17.2 Å². The molecule has 1 N–H and O–H groups in total. The zero-order valence-corrected chi connectivity index (χ0v) is 9.05. The number of carbonyl (C=O) groups is 1. The number of hydrogen-bond donors (Lipinski definition) is 1. The molecular weight excluding hydrogens is 190 g/mol. The van der Waals surface area contributed by atoms with Crippen molar-refractivity contribution in [2.75, 3.05) is 7.11 Å². The third-order valence-corrected chi connectivity index (χ3v) is 2.73. The van der Waals surface area contributed by atoms with Gasteiger partial charge in [0.2, 0.25) is 0 Å². The number of aldehydes is 1. The molecule has 1 heterocycles. The lowest BCUT2D eigenvalue weighted by Crippen LogP contribution is -1.84. The van der Waals surface area contributed by atoms with Gasteiger partial charge in [0.15, 0.2) is 6.29 Å². The fourth-order valence-electron chi connectivity index (χ4n) is 1.82. The third kappa shape index (κ3) is 1.40. The van der Waals surface area contributed by atoms with E-state index in [0.717, 1.165) is 34.1 Å². The number of benzene rings is 1. The molecule has 0 aliphatic carbocycles. The van der Waals surface area contributed by atoms with E-state index in [0.29, 0.717) is 5.69 Å². The van der Waals surface area contributed by atoms with Gasteiger partial charge in [-0.1, -0.05) is 0 Å². The number of aryl methyl sites for hydroxylation is 2. The van der Waals surface area contributed by atoms with Crippen LogP contribution in [0.25, 0.3) is 10.9 Å². The van der Waals surface area contributed by atoms with E-state index in [9.17, 15) is 4.79 Å². The fourth-order valence-corrected chi connectivity index (χ4v) is 1.82. The lowest BCUT2D eigenvalue weighted by atomic mass is 10.1. The Hall–Kier alpha value is -1.77. The molecule has 0 atom stereocenters. The Labute approximate surface area is 88.1 Å². The summed E-state index contributed by atoms with van der Waals surface area (Å²) < 4.78 is 5.20. The number of hydrogen-bond acceptors (Lipinski definition) is 2.